The number of nitrogens with zero attached hydrogens (tertiary/aromatic N) is 5. The molecule has 9 rings (SSSR count). The number of imide groups is 1. The molecule has 4 aromatic carbocycles. The highest BCUT2D eigenvalue weighted by atomic mass is 35.5. The predicted molar refractivity (Wildman–Crippen MR) is 248 cm³/mol. The van der Waals surface area contributed by atoms with Crippen LogP contribution in [-0.4, -0.2) is 75.1 Å². The number of amides is 4. The van der Waals surface area contributed by atoms with Crippen LogP contribution in [0.5, 0.6) is 0 Å². The molecule has 1 fully saturated rings. The number of carbonyl (C=O) groups excluding carboxylic acids is 5. The lowest BCUT2D eigenvalue weighted by atomic mass is 10.1. The minimum Gasteiger partial charge on any atom is -0.398 e. The molecule has 0 unspecified atom stereocenters. The van der Waals surface area contributed by atoms with Gasteiger partial charge in [0.1, 0.15) is 5.56 Å². The summed E-state index contributed by atoms with van der Waals surface area (Å²) in [6, 6.07) is 19.8. The molecule has 3 radical (unpaired) electrons. The van der Waals surface area contributed by atoms with E-state index in [0.717, 1.165) is 59.3 Å². The summed E-state index contributed by atoms with van der Waals surface area (Å²) in [5.41, 5.74) is 12.0. The van der Waals surface area contributed by atoms with E-state index in [4.69, 9.17) is 22.1 Å². The van der Waals surface area contributed by atoms with E-state index in [0.29, 0.717) is 31.7 Å². The molecule has 67 heavy (non-hydrogen) atoms. The van der Waals surface area contributed by atoms with Gasteiger partial charge in [-0.2, -0.15) is 0 Å². The fourth-order valence-corrected chi connectivity index (χ4v) is 6.94. The summed E-state index contributed by atoms with van der Waals surface area (Å²) >= 11 is 4.71. The molecule has 4 aromatic rings. The molecule has 0 atom stereocenters. The van der Waals surface area contributed by atoms with Crippen molar-refractivity contribution in [2.45, 2.75) is 52.1 Å². The first-order valence-electron chi connectivity index (χ1n) is 19.9. The maximum absolute atomic E-state index is 11.4. The molecule has 4 amide bonds. The van der Waals surface area contributed by atoms with Crippen molar-refractivity contribution in [1.29, 1.82) is 0 Å². The van der Waals surface area contributed by atoms with Crippen LogP contribution >= 0.6 is 11.6 Å². The molecule has 20 nitrogen and oxygen atoms in total. The molecule has 1 saturated heterocycles. The second-order valence-corrected chi connectivity index (χ2v) is 14.7. The summed E-state index contributed by atoms with van der Waals surface area (Å²) in [5.74, 6) is -1.54. The molecular weight excluding hydrogens is 891 g/mol. The Labute approximate surface area is 391 Å². The van der Waals surface area contributed by atoms with E-state index in [1.807, 2.05) is 29.6 Å². The van der Waals surface area contributed by atoms with E-state index in [1.165, 1.54) is 54.2 Å². The third-order valence-corrected chi connectivity index (χ3v) is 10.3. The lowest BCUT2D eigenvalue weighted by Gasteiger charge is -2.11. The zero-order valence-electron chi connectivity index (χ0n) is 36.0. The molecule has 0 aliphatic carbocycles. The van der Waals surface area contributed by atoms with Gasteiger partial charge in [-0.05, 0) is 77.1 Å². The maximum atomic E-state index is 11.4. The molecule has 0 saturated carbocycles. The number of halogens is 1. The van der Waals surface area contributed by atoms with Gasteiger partial charge in [0.15, 0.2) is 0 Å². The Morgan fingerprint density at radius 3 is 1.58 bits per heavy atom. The molecule has 22 heteroatoms. The summed E-state index contributed by atoms with van der Waals surface area (Å²) in [6.45, 7) is 15.3. The first-order chi connectivity index (χ1) is 31.5. The van der Waals surface area contributed by atoms with Crippen LogP contribution in [-0.2, 0) is 58.4 Å². The van der Waals surface area contributed by atoms with Crippen LogP contribution in [0.1, 0.15) is 66.9 Å². The van der Waals surface area contributed by atoms with Gasteiger partial charge in [-0.25, -0.2) is 0 Å². The van der Waals surface area contributed by atoms with Crippen molar-refractivity contribution in [3.8, 4) is 0 Å². The van der Waals surface area contributed by atoms with Crippen molar-refractivity contribution in [3.63, 3.8) is 0 Å². The van der Waals surface area contributed by atoms with Gasteiger partial charge < -0.3 is 25.6 Å². The summed E-state index contributed by atoms with van der Waals surface area (Å²) in [5, 5.41) is 36.4. The first kappa shape index (κ1) is 53.5. The van der Waals surface area contributed by atoms with Gasteiger partial charge in [-0.1, -0.05) is 62.2 Å². The Morgan fingerprint density at radius 2 is 1.10 bits per heavy atom. The van der Waals surface area contributed by atoms with E-state index in [2.05, 4.69) is 25.1 Å². The number of ether oxygens (including phenoxy) is 1. The van der Waals surface area contributed by atoms with E-state index >= 15 is 0 Å². The van der Waals surface area contributed by atoms with Crippen molar-refractivity contribution in [2.24, 2.45) is 0 Å². The molecule has 0 spiro atoms. The van der Waals surface area contributed by atoms with Crippen LogP contribution in [0.4, 0.5) is 22.7 Å². The average Bonchev–Trinajstić information content (AvgIpc) is 4.18. The van der Waals surface area contributed by atoms with Crippen LogP contribution < -0.4 is 16.4 Å². The van der Waals surface area contributed by atoms with E-state index in [9.17, 15) is 54.3 Å². The van der Waals surface area contributed by atoms with Gasteiger partial charge in [-0.3, -0.25) is 59.6 Å². The largest absolute Gasteiger partial charge is 0.398 e. The van der Waals surface area contributed by atoms with E-state index < -0.39 is 26.9 Å². The number of nitrogen functional groups attached to an aromatic ring is 1. The predicted octanol–water partition coefficient (Wildman–Crippen LogP) is 5.95. The molecular formula is C45H45BClN8O12. The lowest BCUT2D eigenvalue weighted by Crippen LogP contribution is -2.22. The average molecular weight is 936 g/mol. The fraction of sp³-hybridized carbons (Fsp3) is 0.222. The minimum absolute atomic E-state index is 0. The lowest BCUT2D eigenvalue weighted by molar-refractivity contribution is -0.385. The number of nitro benzene ring substituents is 3. The number of anilines is 1. The molecule has 5 aliphatic heterocycles. The fourth-order valence-electron chi connectivity index (χ4n) is 6.94. The molecule has 5 aliphatic rings. The second kappa shape index (κ2) is 25.6. The minimum atomic E-state index is -0.711. The van der Waals surface area contributed by atoms with Crippen LogP contribution in [0.2, 0.25) is 0 Å². The Morgan fingerprint density at radius 1 is 0.642 bits per heavy atom. The highest BCUT2D eigenvalue weighted by Gasteiger charge is 2.34. The van der Waals surface area contributed by atoms with Crippen molar-refractivity contribution >= 4 is 71.6 Å². The Hall–Kier alpha value is -7.88. The first-order valence-corrected chi connectivity index (χ1v) is 20.3. The van der Waals surface area contributed by atoms with Gasteiger partial charge in [0.2, 0.25) is 17.1 Å². The van der Waals surface area contributed by atoms with Gasteiger partial charge in [0.05, 0.1) is 32.4 Å². The smallest absolute Gasteiger partial charge is 0.282 e. The van der Waals surface area contributed by atoms with Gasteiger partial charge in [0, 0.05) is 83.8 Å². The zero-order chi connectivity index (χ0) is 48.5. The monoisotopic (exact) mass is 935 g/mol. The summed E-state index contributed by atoms with van der Waals surface area (Å²) in [7, 11) is 0. The van der Waals surface area contributed by atoms with Crippen molar-refractivity contribution < 1.29 is 43.5 Å². The second-order valence-electron chi connectivity index (χ2n) is 14.3. The number of rotatable bonds is 6. The number of allylic oxidation sites excluding steroid dienone is 1. The van der Waals surface area contributed by atoms with Crippen LogP contribution in [0.3, 0.4) is 0 Å². The zero-order valence-corrected chi connectivity index (χ0v) is 36.8. The number of carbonyl (C=O) groups is 5. The SMILES string of the molecule is C1CCOC1.C=CC(=O)Cl.C=CC(=O)N1Cc2cccc(N)c2C1.C=CC(=O)N1Cc2cccc([N+](=O)[O-])c2C1.O=C1NC(=O)c2c1cccc2[N+](=O)[O-].O=[N+]([O-])c1cccc2c1CNC2.[B]. The summed E-state index contributed by atoms with van der Waals surface area (Å²) < 4.78 is 4.94. The van der Waals surface area contributed by atoms with Crippen LogP contribution in [0.15, 0.2) is 111 Å². The van der Waals surface area contributed by atoms with Crippen LogP contribution in [0.25, 0.3) is 0 Å². The number of nitrogens with one attached hydrogen (secondary N) is 2. The molecule has 0 aromatic heterocycles. The highest BCUT2D eigenvalue weighted by molar-refractivity contribution is 6.66. The van der Waals surface area contributed by atoms with Gasteiger partial charge >= 0.3 is 0 Å². The third kappa shape index (κ3) is 14.3. The quantitative estimate of drug-likeness (QED) is 0.0383. The maximum Gasteiger partial charge on any atom is 0.282 e. The normalized spacial score (nSPS) is 13.8. The number of nitrogens with two attached hydrogens (primary N) is 1. The summed E-state index contributed by atoms with van der Waals surface area (Å²) in [6.07, 6.45) is 6.15. The molecule has 4 N–H and O–H groups in total. The number of fused-ring (bicyclic) bond motifs is 4. The number of hydrogen-bond acceptors (Lipinski definition) is 14. The van der Waals surface area contributed by atoms with Crippen molar-refractivity contribution in [1.82, 2.24) is 20.4 Å². The Bertz CT molecular complexity index is 2580. The molecule has 5 heterocycles. The van der Waals surface area contributed by atoms with Gasteiger partial charge in [-0.15, -0.1) is 0 Å². The van der Waals surface area contributed by atoms with E-state index in [1.54, 1.807) is 29.2 Å². The van der Waals surface area contributed by atoms with Crippen LogP contribution in [0, 0.1) is 30.3 Å². The van der Waals surface area contributed by atoms with Crippen molar-refractivity contribution in [3.05, 3.63) is 186 Å². The number of benzene rings is 4. The standard InChI is InChI=1S/C11H10N2O3.C11H12N2O.C8H4N2O4.C8H8N2O2.C4H8O.C3H3ClO.B/c1-2-11(14)12-6-8-4-3-5-10(13(15)16)9(8)7-12;1-2-11(14)13-6-8-4-3-5-10(12)9(8)7-13;11-7-4-2-1-3-5(10(13)14)6(4)8(12)9-7;11-10(12)8-3-1-2-6-4-9-5-7(6)8;1-2-4-5-3-1;1-2-3(4)5;/h2-5H,1,6-7H2;2-5H,1,6-7,12H2;1-3H,(H,9,11,12);1-3,9H,4-5H2;1-4H2;2H,1H2;. The van der Waals surface area contributed by atoms with Crippen molar-refractivity contribution in [2.75, 3.05) is 18.9 Å². The van der Waals surface area contributed by atoms with Gasteiger partial charge in [0.25, 0.3) is 28.9 Å². The highest BCUT2D eigenvalue weighted by Crippen LogP contribution is 2.31. The molecule has 0 bridgehead atoms. The Kier molecular flexibility index (Phi) is 20.4. The van der Waals surface area contributed by atoms with E-state index in [-0.39, 0.29) is 59.9 Å². The molecule has 347 valence electrons. The third-order valence-electron chi connectivity index (χ3n) is 10.1. The topological polar surface area (TPSA) is 281 Å². The number of hydrogen-bond donors (Lipinski definition) is 3. The summed E-state index contributed by atoms with van der Waals surface area (Å²) in [4.78, 5) is 88.2. The number of nitro groups is 3. The Balaban J connectivity index is 0.000000221.